The molecule has 6 nitrogen and oxygen atoms in total. The summed E-state index contributed by atoms with van der Waals surface area (Å²) in [6, 6.07) is 11.8. The largest absolute Gasteiger partial charge is 0.601 e. The van der Waals surface area contributed by atoms with E-state index in [-0.39, 0.29) is 22.6 Å². The molecule has 3 rings (SSSR count). The van der Waals surface area contributed by atoms with Crippen molar-refractivity contribution < 1.29 is 23.7 Å². The molecule has 0 saturated heterocycles. The lowest BCUT2D eigenvalue weighted by Gasteiger charge is -2.11. The lowest BCUT2D eigenvalue weighted by molar-refractivity contribution is 0.0696. The van der Waals surface area contributed by atoms with Crippen molar-refractivity contribution in [2.75, 3.05) is 0 Å². The Bertz CT molecular complexity index is 919. The van der Waals surface area contributed by atoms with Crippen molar-refractivity contribution >= 4 is 30.2 Å². The molecule has 0 radical (unpaired) electrons. The fraction of sp³-hybridized carbons (Fsp3) is 0. The molecule has 26 heavy (non-hydrogen) atoms. The van der Waals surface area contributed by atoms with Gasteiger partial charge in [0.05, 0.1) is 17.0 Å². The van der Waals surface area contributed by atoms with E-state index in [1.807, 2.05) is 0 Å². The third-order valence-corrected chi connectivity index (χ3v) is 3.64. The standard InChI is InChI=1S/C18H14BFN2O4/c20-19(13-7-5-12(6-8-13)18(24)25)26-17(15-4-2-10-22-15)11-16(23)14-3-1-9-21-14/h1-11,21-22H,(H,24,25)/b17-11-. The topological polar surface area (TPSA) is 95.2 Å². The first-order chi connectivity index (χ1) is 12.5. The van der Waals surface area contributed by atoms with E-state index in [1.54, 1.807) is 36.7 Å². The highest BCUT2D eigenvalue weighted by Crippen LogP contribution is 2.17. The molecule has 8 heteroatoms. The molecule has 0 spiro atoms. The van der Waals surface area contributed by atoms with E-state index in [0.29, 0.717) is 11.4 Å². The molecule has 2 heterocycles. The quantitative estimate of drug-likeness (QED) is 0.264. The monoisotopic (exact) mass is 352 g/mol. The minimum absolute atomic E-state index is 0.0319. The third kappa shape index (κ3) is 3.92. The van der Waals surface area contributed by atoms with Gasteiger partial charge in [0.15, 0.2) is 0 Å². The van der Waals surface area contributed by atoms with Crippen LogP contribution >= 0.6 is 0 Å². The second kappa shape index (κ2) is 7.56. The number of rotatable bonds is 7. The Kier molecular flexibility index (Phi) is 5.03. The summed E-state index contributed by atoms with van der Waals surface area (Å²) in [5, 5.41) is 8.90. The van der Waals surface area contributed by atoms with Gasteiger partial charge in [0.1, 0.15) is 5.76 Å². The number of hydrogen-bond donors (Lipinski definition) is 3. The molecule has 1 aromatic carbocycles. The van der Waals surface area contributed by atoms with Crippen LogP contribution in [0.5, 0.6) is 0 Å². The van der Waals surface area contributed by atoms with Crippen LogP contribution in [0.15, 0.2) is 67.0 Å². The first-order valence-electron chi connectivity index (χ1n) is 7.72. The number of aromatic amines is 2. The summed E-state index contributed by atoms with van der Waals surface area (Å²) < 4.78 is 19.9. The van der Waals surface area contributed by atoms with Crippen LogP contribution in [-0.4, -0.2) is 34.0 Å². The van der Waals surface area contributed by atoms with Crippen molar-refractivity contribution in [2.24, 2.45) is 0 Å². The number of carbonyl (C=O) groups is 2. The van der Waals surface area contributed by atoms with Crippen molar-refractivity contribution in [3.05, 3.63) is 84.0 Å². The maximum atomic E-state index is 14.6. The maximum absolute atomic E-state index is 14.6. The summed E-state index contributed by atoms with van der Waals surface area (Å²) in [7, 11) is -1.87. The highest BCUT2D eigenvalue weighted by molar-refractivity contribution is 6.61. The third-order valence-electron chi connectivity index (χ3n) is 3.64. The van der Waals surface area contributed by atoms with Crippen molar-refractivity contribution in [1.29, 1.82) is 0 Å². The fourth-order valence-corrected chi connectivity index (χ4v) is 2.30. The Hall–Kier alpha value is -3.55. The average molecular weight is 352 g/mol. The van der Waals surface area contributed by atoms with Crippen LogP contribution in [0.2, 0.25) is 0 Å². The minimum Gasteiger partial charge on any atom is -0.528 e. The number of aromatic nitrogens is 2. The van der Waals surface area contributed by atoms with Crippen molar-refractivity contribution in [2.45, 2.75) is 0 Å². The molecule has 2 aromatic heterocycles. The zero-order chi connectivity index (χ0) is 18.5. The average Bonchev–Trinajstić information content (AvgIpc) is 3.34. The van der Waals surface area contributed by atoms with Crippen LogP contribution in [0.25, 0.3) is 5.76 Å². The predicted molar refractivity (Wildman–Crippen MR) is 94.9 cm³/mol. The molecular weight excluding hydrogens is 338 g/mol. The SMILES string of the molecule is O=C(O)c1ccc(B(F)O/C(=C\C(=O)c2ccc[nH]2)c2ccc[nH]2)cc1. The van der Waals surface area contributed by atoms with Crippen molar-refractivity contribution in [3.63, 3.8) is 0 Å². The zero-order valence-electron chi connectivity index (χ0n) is 13.5. The molecule has 3 N–H and O–H groups in total. The predicted octanol–water partition coefficient (Wildman–Crippen LogP) is 2.65. The Labute approximate surface area is 148 Å². The zero-order valence-corrected chi connectivity index (χ0v) is 13.5. The summed E-state index contributed by atoms with van der Waals surface area (Å²) >= 11 is 0. The smallest absolute Gasteiger partial charge is 0.528 e. The van der Waals surface area contributed by atoms with Gasteiger partial charge in [-0.25, -0.2) is 4.79 Å². The van der Waals surface area contributed by atoms with Crippen molar-refractivity contribution in [1.82, 2.24) is 9.97 Å². The number of aromatic carboxylic acids is 1. The van der Waals surface area contributed by atoms with Gasteiger partial charge in [0.2, 0.25) is 5.78 Å². The van der Waals surface area contributed by atoms with E-state index < -0.39 is 13.2 Å². The normalized spacial score (nSPS) is 11.2. The van der Waals surface area contributed by atoms with E-state index in [2.05, 4.69) is 9.97 Å². The molecule has 0 atom stereocenters. The van der Waals surface area contributed by atoms with Gasteiger partial charge >= 0.3 is 13.2 Å². The lowest BCUT2D eigenvalue weighted by Crippen LogP contribution is -2.29. The fourth-order valence-electron chi connectivity index (χ4n) is 2.30. The van der Waals surface area contributed by atoms with Gasteiger partial charge in [-0.2, -0.15) is 0 Å². The van der Waals surface area contributed by atoms with Crippen LogP contribution in [0, 0.1) is 0 Å². The van der Waals surface area contributed by atoms with E-state index >= 15 is 0 Å². The second-order valence-corrected chi connectivity index (χ2v) is 5.40. The highest BCUT2D eigenvalue weighted by Gasteiger charge is 2.24. The van der Waals surface area contributed by atoms with Gasteiger partial charge < -0.3 is 19.7 Å². The molecular formula is C18H14BFN2O4. The molecule has 0 fully saturated rings. The number of carbonyl (C=O) groups excluding carboxylic acids is 1. The van der Waals surface area contributed by atoms with Gasteiger partial charge in [-0.1, -0.05) is 12.1 Å². The number of ketones is 1. The maximum Gasteiger partial charge on any atom is 0.601 e. The van der Waals surface area contributed by atoms with Crippen LogP contribution in [0.4, 0.5) is 4.32 Å². The minimum atomic E-state index is -1.87. The van der Waals surface area contributed by atoms with E-state index in [9.17, 15) is 13.9 Å². The van der Waals surface area contributed by atoms with Gasteiger partial charge in [-0.3, -0.25) is 9.11 Å². The number of hydrogen-bond acceptors (Lipinski definition) is 3. The summed E-state index contributed by atoms with van der Waals surface area (Å²) in [5.74, 6) is -1.44. The summed E-state index contributed by atoms with van der Waals surface area (Å²) in [6.07, 6.45) is 4.43. The number of benzene rings is 1. The second-order valence-electron chi connectivity index (χ2n) is 5.40. The van der Waals surface area contributed by atoms with Gasteiger partial charge in [0.25, 0.3) is 0 Å². The van der Waals surface area contributed by atoms with Gasteiger partial charge in [0, 0.05) is 23.9 Å². The van der Waals surface area contributed by atoms with Gasteiger partial charge in [-0.15, -0.1) is 0 Å². The lowest BCUT2D eigenvalue weighted by atomic mass is 9.82. The van der Waals surface area contributed by atoms with E-state index in [1.165, 1.54) is 30.3 Å². The molecule has 130 valence electrons. The first-order valence-corrected chi connectivity index (χ1v) is 7.72. The number of carboxylic acids is 1. The molecule has 0 saturated carbocycles. The summed E-state index contributed by atoms with van der Waals surface area (Å²) in [6.45, 7) is 0. The molecule has 3 aromatic rings. The summed E-state index contributed by atoms with van der Waals surface area (Å²) in [4.78, 5) is 28.8. The molecule has 0 amide bonds. The Morgan fingerprint density at radius 3 is 2.15 bits per heavy atom. The number of carboxylic acid groups (broad SMARTS) is 1. The van der Waals surface area contributed by atoms with E-state index in [4.69, 9.17) is 9.76 Å². The molecule has 0 aliphatic carbocycles. The number of nitrogens with one attached hydrogen (secondary N) is 2. The van der Waals surface area contributed by atoms with Crippen LogP contribution in [-0.2, 0) is 4.65 Å². The Balaban J connectivity index is 1.83. The highest BCUT2D eigenvalue weighted by atomic mass is 19.1. The van der Waals surface area contributed by atoms with E-state index in [0.717, 1.165) is 0 Å². The molecule has 0 bridgehead atoms. The molecule has 0 unspecified atom stereocenters. The first kappa shape index (κ1) is 17.3. The van der Waals surface area contributed by atoms with Crippen molar-refractivity contribution in [3.8, 4) is 0 Å². The summed E-state index contributed by atoms with van der Waals surface area (Å²) in [5.41, 5.74) is 0.969. The number of H-pyrrole nitrogens is 2. The molecule has 0 aliphatic heterocycles. The Morgan fingerprint density at radius 1 is 1.00 bits per heavy atom. The number of allylic oxidation sites excluding steroid dienone is 1. The van der Waals surface area contributed by atoms with Crippen LogP contribution in [0.1, 0.15) is 26.5 Å². The van der Waals surface area contributed by atoms with Crippen LogP contribution < -0.4 is 5.46 Å². The van der Waals surface area contributed by atoms with Crippen LogP contribution in [0.3, 0.4) is 0 Å². The Morgan fingerprint density at radius 2 is 1.62 bits per heavy atom. The molecule has 0 aliphatic rings. The number of halogens is 1. The van der Waals surface area contributed by atoms with Gasteiger partial charge in [-0.05, 0) is 36.4 Å².